The maximum absolute atomic E-state index is 5.63. The zero-order valence-electron chi connectivity index (χ0n) is 13.0. The maximum atomic E-state index is 5.63. The summed E-state index contributed by atoms with van der Waals surface area (Å²) in [5, 5.41) is 8.19. The van der Waals surface area contributed by atoms with Crippen LogP contribution in [0.5, 0.6) is 0 Å². The van der Waals surface area contributed by atoms with Crippen LogP contribution in [0.2, 0.25) is 0 Å². The SMILES string of the molecule is [B]c1cnc(-c2cccc(Cn3nnc4ncc(C)nc43)c2)nc1. The van der Waals surface area contributed by atoms with Crippen LogP contribution in [0.1, 0.15) is 11.3 Å². The van der Waals surface area contributed by atoms with E-state index >= 15 is 0 Å². The van der Waals surface area contributed by atoms with Crippen LogP contribution in [0, 0.1) is 6.92 Å². The Morgan fingerprint density at radius 2 is 1.92 bits per heavy atom. The zero-order chi connectivity index (χ0) is 16.5. The van der Waals surface area contributed by atoms with Gasteiger partial charge in [0.2, 0.25) is 5.65 Å². The van der Waals surface area contributed by atoms with Crippen LogP contribution in [-0.4, -0.2) is 42.8 Å². The highest BCUT2D eigenvalue weighted by molar-refractivity contribution is 6.31. The van der Waals surface area contributed by atoms with Crippen molar-refractivity contribution < 1.29 is 0 Å². The molecule has 114 valence electrons. The van der Waals surface area contributed by atoms with E-state index in [2.05, 4.69) is 30.2 Å². The van der Waals surface area contributed by atoms with Crippen molar-refractivity contribution in [2.45, 2.75) is 13.5 Å². The molecule has 3 heterocycles. The van der Waals surface area contributed by atoms with E-state index in [0.717, 1.165) is 16.8 Å². The molecule has 3 aromatic heterocycles. The van der Waals surface area contributed by atoms with Gasteiger partial charge in [-0.1, -0.05) is 28.9 Å². The van der Waals surface area contributed by atoms with Crippen molar-refractivity contribution in [1.82, 2.24) is 34.9 Å². The average molecular weight is 313 g/mol. The Morgan fingerprint density at radius 3 is 2.75 bits per heavy atom. The molecule has 0 spiro atoms. The molecule has 7 nitrogen and oxygen atoms in total. The maximum Gasteiger partial charge on any atom is 0.221 e. The van der Waals surface area contributed by atoms with Crippen molar-refractivity contribution in [3.8, 4) is 11.4 Å². The minimum atomic E-state index is 0.539. The quantitative estimate of drug-likeness (QED) is 0.521. The summed E-state index contributed by atoms with van der Waals surface area (Å²) in [6.45, 7) is 2.43. The normalized spacial score (nSPS) is 11.0. The van der Waals surface area contributed by atoms with E-state index in [-0.39, 0.29) is 0 Å². The van der Waals surface area contributed by atoms with Crippen molar-refractivity contribution in [2.75, 3.05) is 0 Å². The van der Waals surface area contributed by atoms with Gasteiger partial charge in [0.05, 0.1) is 18.4 Å². The van der Waals surface area contributed by atoms with Crippen LogP contribution < -0.4 is 5.46 Å². The molecule has 2 radical (unpaired) electrons. The molecule has 0 unspecified atom stereocenters. The first-order valence-electron chi connectivity index (χ1n) is 7.39. The average Bonchev–Trinajstić information content (AvgIpc) is 2.98. The van der Waals surface area contributed by atoms with Gasteiger partial charge in [-0.3, -0.25) is 0 Å². The lowest BCUT2D eigenvalue weighted by Crippen LogP contribution is -2.06. The highest BCUT2D eigenvalue weighted by Gasteiger charge is 2.09. The molecule has 0 saturated carbocycles. The Hall–Kier alpha value is -3.16. The number of hydrogen-bond donors (Lipinski definition) is 0. The second-order valence-electron chi connectivity index (χ2n) is 5.45. The highest BCUT2D eigenvalue weighted by atomic mass is 15.4. The van der Waals surface area contributed by atoms with Crippen molar-refractivity contribution in [2.24, 2.45) is 0 Å². The summed E-state index contributed by atoms with van der Waals surface area (Å²) in [6, 6.07) is 7.94. The van der Waals surface area contributed by atoms with Gasteiger partial charge in [-0.05, 0) is 18.6 Å². The third-order valence-corrected chi connectivity index (χ3v) is 3.54. The molecule has 0 aliphatic heterocycles. The van der Waals surface area contributed by atoms with E-state index in [0.29, 0.717) is 29.1 Å². The number of nitrogens with zero attached hydrogens (tertiary/aromatic N) is 7. The van der Waals surface area contributed by atoms with Crippen LogP contribution in [0.15, 0.2) is 42.9 Å². The van der Waals surface area contributed by atoms with Crippen LogP contribution >= 0.6 is 0 Å². The van der Waals surface area contributed by atoms with E-state index in [1.54, 1.807) is 23.3 Å². The number of benzene rings is 1. The summed E-state index contributed by atoms with van der Waals surface area (Å²) in [6.07, 6.45) is 4.87. The van der Waals surface area contributed by atoms with E-state index in [4.69, 9.17) is 7.85 Å². The summed E-state index contributed by atoms with van der Waals surface area (Å²) in [4.78, 5) is 17.2. The molecule has 4 aromatic rings. The summed E-state index contributed by atoms with van der Waals surface area (Å²) < 4.78 is 1.73. The third-order valence-electron chi connectivity index (χ3n) is 3.54. The molecule has 0 N–H and O–H groups in total. The van der Waals surface area contributed by atoms with Crippen molar-refractivity contribution in [1.29, 1.82) is 0 Å². The van der Waals surface area contributed by atoms with Crippen LogP contribution in [0.3, 0.4) is 0 Å². The zero-order valence-corrected chi connectivity index (χ0v) is 13.0. The van der Waals surface area contributed by atoms with Gasteiger partial charge in [-0.25, -0.2) is 24.6 Å². The fraction of sp³-hybridized carbons (Fsp3) is 0.125. The van der Waals surface area contributed by atoms with Crippen molar-refractivity contribution in [3.05, 3.63) is 54.1 Å². The molecule has 0 saturated heterocycles. The van der Waals surface area contributed by atoms with Gasteiger partial charge in [0.15, 0.2) is 11.5 Å². The summed E-state index contributed by atoms with van der Waals surface area (Å²) in [5.74, 6) is 0.630. The molecule has 0 aliphatic carbocycles. The van der Waals surface area contributed by atoms with Crippen LogP contribution in [0.25, 0.3) is 22.7 Å². The van der Waals surface area contributed by atoms with Gasteiger partial charge < -0.3 is 0 Å². The molecule has 0 aliphatic rings. The lowest BCUT2D eigenvalue weighted by atomic mass is 10.0. The summed E-state index contributed by atoms with van der Waals surface area (Å²) in [5.41, 5.74) is 4.54. The van der Waals surface area contributed by atoms with Crippen LogP contribution in [-0.2, 0) is 6.54 Å². The largest absolute Gasteiger partial charge is 0.237 e. The number of aromatic nitrogens is 7. The second-order valence-corrected chi connectivity index (χ2v) is 5.45. The lowest BCUT2D eigenvalue weighted by molar-refractivity contribution is 0.663. The number of rotatable bonds is 3. The lowest BCUT2D eigenvalue weighted by Gasteiger charge is -2.05. The predicted octanol–water partition coefficient (Wildman–Crippen LogP) is 0.829. The van der Waals surface area contributed by atoms with E-state index in [1.807, 2.05) is 31.2 Å². The summed E-state index contributed by atoms with van der Waals surface area (Å²) >= 11 is 0. The predicted molar refractivity (Wildman–Crippen MR) is 89.8 cm³/mol. The minimum absolute atomic E-state index is 0.539. The molecular weight excluding hydrogens is 301 g/mol. The minimum Gasteiger partial charge on any atom is -0.237 e. The van der Waals surface area contributed by atoms with Crippen molar-refractivity contribution in [3.63, 3.8) is 0 Å². The van der Waals surface area contributed by atoms with Gasteiger partial charge in [-0.2, -0.15) is 0 Å². The highest BCUT2D eigenvalue weighted by Crippen LogP contribution is 2.17. The Balaban J connectivity index is 1.68. The molecule has 24 heavy (non-hydrogen) atoms. The first-order chi connectivity index (χ1) is 11.7. The summed E-state index contributed by atoms with van der Waals surface area (Å²) in [7, 11) is 5.63. The Kier molecular flexibility index (Phi) is 3.49. The molecule has 0 amide bonds. The molecule has 8 heteroatoms. The molecule has 4 rings (SSSR count). The Morgan fingerprint density at radius 1 is 1.08 bits per heavy atom. The molecule has 1 aromatic carbocycles. The number of fused-ring (bicyclic) bond motifs is 1. The fourth-order valence-corrected chi connectivity index (χ4v) is 2.42. The van der Waals surface area contributed by atoms with E-state index in [9.17, 15) is 0 Å². The standard InChI is InChI=1S/C16H12BN7/c1-10-6-18-15-16(21-10)24(23-22-15)9-11-3-2-4-12(5-11)14-19-7-13(17)8-20-14/h2-8H,9H2,1H3. The molecule has 0 atom stereocenters. The number of aryl methyl sites for hydroxylation is 1. The Bertz CT molecular complexity index is 1010. The fourth-order valence-electron chi connectivity index (χ4n) is 2.42. The topological polar surface area (TPSA) is 82.3 Å². The Labute approximate surface area is 139 Å². The van der Waals surface area contributed by atoms with E-state index < -0.39 is 0 Å². The first kappa shape index (κ1) is 14.4. The van der Waals surface area contributed by atoms with Gasteiger partial charge in [-0.15, -0.1) is 5.10 Å². The number of hydrogen-bond acceptors (Lipinski definition) is 6. The smallest absolute Gasteiger partial charge is 0.221 e. The van der Waals surface area contributed by atoms with Gasteiger partial charge >= 0.3 is 0 Å². The van der Waals surface area contributed by atoms with E-state index in [1.165, 1.54) is 0 Å². The molecule has 0 fully saturated rings. The van der Waals surface area contributed by atoms with Gasteiger partial charge in [0.25, 0.3) is 0 Å². The van der Waals surface area contributed by atoms with Crippen LogP contribution in [0.4, 0.5) is 0 Å². The monoisotopic (exact) mass is 313 g/mol. The second kappa shape index (κ2) is 5.80. The van der Waals surface area contributed by atoms with Gasteiger partial charge in [0, 0.05) is 18.0 Å². The molecular formula is C16H12BN7. The third kappa shape index (κ3) is 2.73. The molecule has 0 bridgehead atoms. The van der Waals surface area contributed by atoms with Crippen molar-refractivity contribution >= 4 is 24.6 Å². The first-order valence-corrected chi connectivity index (χ1v) is 7.39. The van der Waals surface area contributed by atoms with Gasteiger partial charge in [0.1, 0.15) is 7.85 Å².